The van der Waals surface area contributed by atoms with E-state index in [1.54, 1.807) is 0 Å². The van der Waals surface area contributed by atoms with Crippen LogP contribution in [0.15, 0.2) is 0 Å². The SMILES string of the molecule is CC(CN)CCCN1CCCCCCC1. The van der Waals surface area contributed by atoms with Crippen LogP contribution in [0.2, 0.25) is 0 Å². The van der Waals surface area contributed by atoms with Crippen molar-refractivity contribution >= 4 is 0 Å². The van der Waals surface area contributed by atoms with E-state index in [-0.39, 0.29) is 0 Å². The van der Waals surface area contributed by atoms with E-state index in [1.807, 2.05) is 0 Å². The van der Waals surface area contributed by atoms with Crippen molar-refractivity contribution in [1.29, 1.82) is 0 Å². The molecule has 0 aromatic carbocycles. The minimum absolute atomic E-state index is 0.708. The molecule has 1 rings (SSSR count). The quantitative estimate of drug-likeness (QED) is 0.759. The number of hydrogen-bond acceptors (Lipinski definition) is 2. The predicted octanol–water partition coefficient (Wildman–Crippen LogP) is 2.63. The molecule has 1 atom stereocenters. The number of likely N-dealkylation sites (tertiary alicyclic amines) is 1. The van der Waals surface area contributed by atoms with Crippen LogP contribution in [0, 0.1) is 5.92 Å². The Morgan fingerprint density at radius 2 is 1.67 bits per heavy atom. The molecule has 1 fully saturated rings. The maximum absolute atomic E-state index is 5.62. The summed E-state index contributed by atoms with van der Waals surface area (Å²) in [6.07, 6.45) is 9.79. The fourth-order valence-corrected chi connectivity index (χ4v) is 2.32. The van der Waals surface area contributed by atoms with Gasteiger partial charge < -0.3 is 10.6 Å². The van der Waals surface area contributed by atoms with Gasteiger partial charge in [-0.15, -0.1) is 0 Å². The highest BCUT2D eigenvalue weighted by molar-refractivity contribution is 4.63. The Morgan fingerprint density at radius 1 is 1.07 bits per heavy atom. The summed E-state index contributed by atoms with van der Waals surface area (Å²) in [4.78, 5) is 2.66. The van der Waals surface area contributed by atoms with Crippen LogP contribution in [0.3, 0.4) is 0 Å². The molecule has 15 heavy (non-hydrogen) atoms. The molecule has 0 spiro atoms. The number of rotatable bonds is 5. The van der Waals surface area contributed by atoms with E-state index in [9.17, 15) is 0 Å². The summed E-state index contributed by atoms with van der Waals surface area (Å²) in [6.45, 7) is 7.06. The molecular weight excluding hydrogens is 184 g/mol. The first-order chi connectivity index (χ1) is 7.33. The Balaban J connectivity index is 2.07. The lowest BCUT2D eigenvalue weighted by Crippen LogP contribution is -2.28. The van der Waals surface area contributed by atoms with E-state index in [0.29, 0.717) is 5.92 Å². The van der Waals surface area contributed by atoms with Crippen molar-refractivity contribution in [2.75, 3.05) is 26.2 Å². The lowest BCUT2D eigenvalue weighted by Gasteiger charge is -2.24. The second kappa shape index (κ2) is 8.12. The summed E-state index contributed by atoms with van der Waals surface area (Å²) < 4.78 is 0. The fourth-order valence-electron chi connectivity index (χ4n) is 2.32. The number of nitrogens with two attached hydrogens (primary N) is 1. The van der Waals surface area contributed by atoms with Gasteiger partial charge >= 0.3 is 0 Å². The van der Waals surface area contributed by atoms with Gasteiger partial charge in [0.15, 0.2) is 0 Å². The number of nitrogens with zero attached hydrogens (tertiary/aromatic N) is 1. The second-order valence-corrected chi connectivity index (χ2v) is 5.09. The second-order valence-electron chi connectivity index (χ2n) is 5.09. The molecule has 2 N–H and O–H groups in total. The average Bonchev–Trinajstić information content (AvgIpc) is 2.20. The molecule has 1 aliphatic rings. The standard InChI is InChI=1S/C13H28N2/c1-13(12-14)8-7-11-15-9-5-3-2-4-6-10-15/h13H,2-12,14H2,1H3. The molecule has 0 aromatic rings. The molecule has 2 nitrogen and oxygen atoms in total. The maximum atomic E-state index is 5.62. The van der Waals surface area contributed by atoms with Gasteiger partial charge in [-0.05, 0) is 57.8 Å². The first kappa shape index (κ1) is 13.0. The zero-order valence-corrected chi connectivity index (χ0v) is 10.4. The molecule has 1 saturated heterocycles. The van der Waals surface area contributed by atoms with Crippen LogP contribution in [-0.2, 0) is 0 Å². The van der Waals surface area contributed by atoms with E-state index >= 15 is 0 Å². The smallest absolute Gasteiger partial charge is 0.00186 e. The predicted molar refractivity (Wildman–Crippen MR) is 67.0 cm³/mol. The van der Waals surface area contributed by atoms with Gasteiger partial charge in [0.25, 0.3) is 0 Å². The zero-order chi connectivity index (χ0) is 10.9. The molecule has 1 unspecified atom stereocenters. The van der Waals surface area contributed by atoms with Crippen LogP contribution in [0.4, 0.5) is 0 Å². The van der Waals surface area contributed by atoms with E-state index in [4.69, 9.17) is 5.73 Å². The third-order valence-corrected chi connectivity index (χ3v) is 3.52. The van der Waals surface area contributed by atoms with E-state index in [1.165, 1.54) is 64.6 Å². The monoisotopic (exact) mass is 212 g/mol. The number of hydrogen-bond donors (Lipinski definition) is 1. The molecule has 2 heteroatoms. The van der Waals surface area contributed by atoms with Gasteiger partial charge in [-0.25, -0.2) is 0 Å². The van der Waals surface area contributed by atoms with Crippen molar-refractivity contribution in [2.24, 2.45) is 11.7 Å². The van der Waals surface area contributed by atoms with Gasteiger partial charge in [-0.1, -0.05) is 26.2 Å². The molecule has 0 saturated carbocycles. The fraction of sp³-hybridized carbons (Fsp3) is 1.00. The van der Waals surface area contributed by atoms with E-state index in [2.05, 4.69) is 11.8 Å². The largest absolute Gasteiger partial charge is 0.330 e. The summed E-state index contributed by atoms with van der Waals surface area (Å²) in [5, 5.41) is 0. The molecule has 0 aromatic heterocycles. The van der Waals surface area contributed by atoms with Gasteiger partial charge in [0.05, 0.1) is 0 Å². The molecule has 0 bridgehead atoms. The first-order valence-corrected chi connectivity index (χ1v) is 6.75. The van der Waals surface area contributed by atoms with Gasteiger partial charge in [-0.3, -0.25) is 0 Å². The van der Waals surface area contributed by atoms with Crippen LogP contribution < -0.4 is 5.73 Å². The highest BCUT2D eigenvalue weighted by atomic mass is 15.1. The van der Waals surface area contributed by atoms with Gasteiger partial charge in [0.1, 0.15) is 0 Å². The van der Waals surface area contributed by atoms with Crippen LogP contribution in [0.25, 0.3) is 0 Å². The van der Waals surface area contributed by atoms with Gasteiger partial charge in [-0.2, -0.15) is 0 Å². The average molecular weight is 212 g/mol. The van der Waals surface area contributed by atoms with E-state index < -0.39 is 0 Å². The van der Waals surface area contributed by atoms with Crippen LogP contribution >= 0.6 is 0 Å². The summed E-state index contributed by atoms with van der Waals surface area (Å²) in [5.41, 5.74) is 5.62. The third kappa shape index (κ3) is 6.16. The van der Waals surface area contributed by atoms with E-state index in [0.717, 1.165) is 6.54 Å². The topological polar surface area (TPSA) is 29.3 Å². The van der Waals surface area contributed by atoms with Crippen LogP contribution in [0.5, 0.6) is 0 Å². The first-order valence-electron chi connectivity index (χ1n) is 6.75. The normalized spacial score (nSPS) is 22.0. The minimum Gasteiger partial charge on any atom is -0.330 e. The van der Waals surface area contributed by atoms with Gasteiger partial charge in [0.2, 0.25) is 0 Å². The van der Waals surface area contributed by atoms with Crippen LogP contribution in [0.1, 0.15) is 51.9 Å². The van der Waals surface area contributed by atoms with Crippen molar-refractivity contribution in [3.63, 3.8) is 0 Å². The van der Waals surface area contributed by atoms with Crippen LogP contribution in [-0.4, -0.2) is 31.1 Å². The zero-order valence-electron chi connectivity index (χ0n) is 10.4. The van der Waals surface area contributed by atoms with Crippen molar-refractivity contribution in [3.05, 3.63) is 0 Å². The lowest BCUT2D eigenvalue weighted by atomic mass is 10.0. The molecule has 1 aliphatic heterocycles. The molecule has 0 amide bonds. The summed E-state index contributed by atoms with van der Waals surface area (Å²) >= 11 is 0. The van der Waals surface area contributed by atoms with Crippen molar-refractivity contribution in [3.8, 4) is 0 Å². The molecule has 90 valence electrons. The Morgan fingerprint density at radius 3 is 2.27 bits per heavy atom. The maximum Gasteiger partial charge on any atom is -0.00186 e. The van der Waals surface area contributed by atoms with Crippen molar-refractivity contribution < 1.29 is 0 Å². The summed E-state index contributed by atoms with van der Waals surface area (Å²) in [5.74, 6) is 0.708. The summed E-state index contributed by atoms with van der Waals surface area (Å²) in [7, 11) is 0. The Kier molecular flexibility index (Phi) is 7.03. The highest BCUT2D eigenvalue weighted by Crippen LogP contribution is 2.12. The van der Waals surface area contributed by atoms with Gasteiger partial charge in [0, 0.05) is 0 Å². The Labute approximate surface area is 95.2 Å². The Bertz CT molecular complexity index is 139. The molecule has 1 heterocycles. The minimum atomic E-state index is 0.708. The van der Waals surface area contributed by atoms with Crippen molar-refractivity contribution in [2.45, 2.75) is 51.9 Å². The lowest BCUT2D eigenvalue weighted by molar-refractivity contribution is 0.239. The molecule has 0 aliphatic carbocycles. The van der Waals surface area contributed by atoms with Crippen molar-refractivity contribution in [1.82, 2.24) is 4.90 Å². The third-order valence-electron chi connectivity index (χ3n) is 3.52. The summed E-state index contributed by atoms with van der Waals surface area (Å²) in [6, 6.07) is 0. The molecule has 0 radical (unpaired) electrons. The highest BCUT2D eigenvalue weighted by Gasteiger charge is 2.08. The Hall–Kier alpha value is -0.0800. The molecular formula is C13H28N2.